The number of hydrogen-bond acceptors (Lipinski definition) is 5. The largest absolute Gasteiger partial charge is 0.346 e. The average Bonchev–Trinajstić information content (AvgIpc) is 3.25. The van der Waals surface area contributed by atoms with Crippen LogP contribution in [0, 0.1) is 12.3 Å². The second-order valence-electron chi connectivity index (χ2n) is 6.45. The quantitative estimate of drug-likeness (QED) is 0.505. The summed E-state index contributed by atoms with van der Waals surface area (Å²) in [5.41, 5.74) is 2.24. The number of amides is 1. The Labute approximate surface area is 173 Å². The first-order valence-corrected chi connectivity index (χ1v) is 10.4. The molecule has 0 aliphatic heterocycles. The lowest BCUT2D eigenvalue weighted by molar-refractivity contribution is 0.0950. The number of hydrogen-bond donors (Lipinski definition) is 1. The van der Waals surface area contributed by atoms with Gasteiger partial charge in [-0.15, -0.1) is 6.42 Å². The van der Waals surface area contributed by atoms with E-state index in [-0.39, 0.29) is 22.2 Å². The molecule has 0 saturated heterocycles. The van der Waals surface area contributed by atoms with Crippen molar-refractivity contribution in [2.45, 2.75) is 16.3 Å². The number of nitrogens with one attached hydrogen (secondary N) is 1. The number of carbonyl (C=O) groups excluding carboxylic acids is 1. The maximum atomic E-state index is 12.8. The van der Waals surface area contributed by atoms with Crippen molar-refractivity contribution in [1.82, 2.24) is 19.7 Å². The Morgan fingerprint density at radius 1 is 1.10 bits per heavy atom. The summed E-state index contributed by atoms with van der Waals surface area (Å²) in [4.78, 5) is 20.8. The molecule has 0 fully saturated rings. The molecule has 0 unspecified atom stereocenters. The number of rotatable bonds is 5. The first-order chi connectivity index (χ1) is 14.5. The van der Waals surface area contributed by atoms with E-state index in [1.54, 1.807) is 53.3 Å². The maximum Gasteiger partial charge on any atom is 0.253 e. The predicted molar refractivity (Wildman–Crippen MR) is 110 cm³/mol. The summed E-state index contributed by atoms with van der Waals surface area (Å²) in [6, 6.07) is 12.7. The van der Waals surface area contributed by atoms with Crippen LogP contribution in [-0.4, -0.2) is 28.7 Å². The van der Waals surface area contributed by atoms with Crippen molar-refractivity contribution in [2.24, 2.45) is 0 Å². The van der Waals surface area contributed by atoms with Crippen molar-refractivity contribution >= 4 is 21.4 Å². The normalized spacial score (nSPS) is 11.2. The minimum atomic E-state index is -3.73. The van der Waals surface area contributed by atoms with E-state index in [2.05, 4.69) is 21.2 Å². The number of terminal acetylenes is 1. The van der Waals surface area contributed by atoms with Crippen LogP contribution in [0.5, 0.6) is 0 Å². The lowest BCUT2D eigenvalue weighted by Gasteiger charge is -2.08. The van der Waals surface area contributed by atoms with Crippen molar-refractivity contribution in [1.29, 1.82) is 0 Å². The Kier molecular flexibility index (Phi) is 5.04. The van der Waals surface area contributed by atoms with Gasteiger partial charge in [0, 0.05) is 30.4 Å². The van der Waals surface area contributed by atoms with E-state index in [0.717, 1.165) is 5.65 Å². The second kappa shape index (κ2) is 7.81. The maximum absolute atomic E-state index is 12.8. The molecule has 0 aliphatic carbocycles. The topological polar surface area (TPSA) is 93.4 Å². The number of pyridine rings is 2. The molecule has 8 heteroatoms. The minimum absolute atomic E-state index is 0.0531. The van der Waals surface area contributed by atoms with Gasteiger partial charge in [0.2, 0.25) is 9.84 Å². The molecule has 0 radical (unpaired) electrons. The number of carbonyl (C=O) groups is 1. The van der Waals surface area contributed by atoms with Gasteiger partial charge in [-0.05, 0) is 42.5 Å². The SMILES string of the molecule is C#Cc1cccc(S(=O)(=O)c2ccc(CNC(=O)c3ccc4nccn4c3)nc2)c1. The number of benzene rings is 1. The van der Waals surface area contributed by atoms with Crippen LogP contribution in [0.2, 0.25) is 0 Å². The Hall–Kier alpha value is -3.96. The van der Waals surface area contributed by atoms with Gasteiger partial charge in [-0.1, -0.05) is 12.0 Å². The molecule has 1 amide bonds. The third-order valence-electron chi connectivity index (χ3n) is 4.50. The van der Waals surface area contributed by atoms with Gasteiger partial charge in [-0.25, -0.2) is 13.4 Å². The molecule has 1 N–H and O–H groups in total. The summed E-state index contributed by atoms with van der Waals surface area (Å²) >= 11 is 0. The molecule has 0 saturated carbocycles. The third-order valence-corrected chi connectivity index (χ3v) is 6.24. The van der Waals surface area contributed by atoms with Gasteiger partial charge in [0.1, 0.15) is 5.65 Å². The monoisotopic (exact) mass is 416 g/mol. The summed E-state index contributed by atoms with van der Waals surface area (Å²) in [6.07, 6.45) is 11.7. The van der Waals surface area contributed by atoms with Crippen LogP contribution in [0.25, 0.3) is 5.65 Å². The lowest BCUT2D eigenvalue weighted by Crippen LogP contribution is -2.23. The fraction of sp³-hybridized carbons (Fsp3) is 0.0455. The highest BCUT2D eigenvalue weighted by Gasteiger charge is 2.18. The molecule has 0 spiro atoms. The van der Waals surface area contributed by atoms with E-state index in [9.17, 15) is 13.2 Å². The molecule has 3 heterocycles. The Balaban J connectivity index is 1.46. The molecule has 148 valence electrons. The van der Waals surface area contributed by atoms with Crippen LogP contribution in [0.15, 0.2) is 83.1 Å². The third kappa shape index (κ3) is 3.79. The van der Waals surface area contributed by atoms with Gasteiger partial charge in [0.25, 0.3) is 5.91 Å². The first-order valence-electron chi connectivity index (χ1n) is 8.95. The van der Waals surface area contributed by atoms with E-state index in [1.807, 2.05) is 0 Å². The van der Waals surface area contributed by atoms with Crippen molar-refractivity contribution in [3.63, 3.8) is 0 Å². The van der Waals surface area contributed by atoms with Crippen LogP contribution in [0.4, 0.5) is 0 Å². The summed E-state index contributed by atoms with van der Waals surface area (Å²) in [5.74, 6) is 2.16. The second-order valence-corrected chi connectivity index (χ2v) is 8.40. The number of imidazole rings is 1. The zero-order chi connectivity index (χ0) is 21.1. The van der Waals surface area contributed by atoms with Gasteiger partial charge < -0.3 is 9.72 Å². The van der Waals surface area contributed by atoms with Crippen LogP contribution in [-0.2, 0) is 16.4 Å². The van der Waals surface area contributed by atoms with E-state index >= 15 is 0 Å². The van der Waals surface area contributed by atoms with Crippen molar-refractivity contribution in [3.05, 3.63) is 90.1 Å². The highest BCUT2D eigenvalue weighted by atomic mass is 32.2. The van der Waals surface area contributed by atoms with E-state index in [4.69, 9.17) is 6.42 Å². The van der Waals surface area contributed by atoms with Crippen LogP contribution < -0.4 is 5.32 Å². The zero-order valence-electron chi connectivity index (χ0n) is 15.7. The predicted octanol–water partition coefficient (Wildman–Crippen LogP) is 2.47. The average molecular weight is 416 g/mol. The molecule has 0 atom stereocenters. The molecule has 4 aromatic rings. The van der Waals surface area contributed by atoms with Gasteiger partial charge in [0.15, 0.2) is 0 Å². The van der Waals surface area contributed by atoms with Crippen LogP contribution >= 0.6 is 0 Å². The summed E-state index contributed by atoms with van der Waals surface area (Å²) in [5, 5.41) is 2.77. The summed E-state index contributed by atoms with van der Waals surface area (Å²) in [6.45, 7) is 0.160. The molecule has 1 aromatic carbocycles. The Morgan fingerprint density at radius 2 is 1.97 bits per heavy atom. The zero-order valence-corrected chi connectivity index (χ0v) is 16.5. The van der Waals surface area contributed by atoms with Gasteiger partial charge in [-0.3, -0.25) is 9.78 Å². The molecule has 4 rings (SSSR count). The summed E-state index contributed by atoms with van der Waals surface area (Å²) in [7, 11) is -3.73. The fourth-order valence-electron chi connectivity index (χ4n) is 2.89. The smallest absolute Gasteiger partial charge is 0.253 e. The standard InChI is InChI=1S/C22H16N4O3S/c1-2-16-4-3-5-19(12-16)30(28,29)20-8-7-18(24-14-20)13-25-22(27)17-6-9-21-23-10-11-26(21)15-17/h1,3-12,14-15H,13H2,(H,25,27). The molecule has 0 aliphatic rings. The molecular weight excluding hydrogens is 400 g/mol. The lowest BCUT2D eigenvalue weighted by atomic mass is 10.2. The Bertz CT molecular complexity index is 1380. The van der Waals surface area contributed by atoms with E-state index in [1.165, 1.54) is 24.4 Å². The molecule has 3 aromatic heterocycles. The first kappa shape index (κ1) is 19.4. The highest BCUT2D eigenvalue weighted by Crippen LogP contribution is 2.21. The molecule has 0 bridgehead atoms. The fourth-order valence-corrected chi connectivity index (χ4v) is 4.14. The molecule has 30 heavy (non-hydrogen) atoms. The summed E-state index contributed by atoms with van der Waals surface area (Å²) < 4.78 is 27.3. The number of sulfone groups is 1. The van der Waals surface area contributed by atoms with Crippen molar-refractivity contribution in [3.8, 4) is 12.3 Å². The number of nitrogens with zero attached hydrogens (tertiary/aromatic N) is 3. The number of fused-ring (bicyclic) bond motifs is 1. The van der Waals surface area contributed by atoms with Gasteiger partial charge in [0.05, 0.1) is 27.6 Å². The minimum Gasteiger partial charge on any atom is -0.346 e. The van der Waals surface area contributed by atoms with Crippen LogP contribution in [0.1, 0.15) is 21.6 Å². The van der Waals surface area contributed by atoms with Crippen LogP contribution in [0.3, 0.4) is 0 Å². The van der Waals surface area contributed by atoms with Crippen molar-refractivity contribution < 1.29 is 13.2 Å². The van der Waals surface area contributed by atoms with Gasteiger partial charge in [-0.2, -0.15) is 0 Å². The van der Waals surface area contributed by atoms with Gasteiger partial charge >= 0.3 is 0 Å². The molecular formula is C22H16N4O3S. The van der Waals surface area contributed by atoms with Crippen molar-refractivity contribution in [2.75, 3.05) is 0 Å². The Morgan fingerprint density at radius 3 is 2.73 bits per heavy atom. The number of aromatic nitrogens is 3. The van der Waals surface area contributed by atoms with E-state index < -0.39 is 9.84 Å². The highest BCUT2D eigenvalue weighted by molar-refractivity contribution is 7.91. The van der Waals surface area contributed by atoms with E-state index in [0.29, 0.717) is 16.8 Å². The molecule has 7 nitrogen and oxygen atoms in total.